The third-order valence-electron chi connectivity index (χ3n) is 2.93. The van der Waals surface area contributed by atoms with E-state index in [1.165, 1.54) is 11.3 Å². The highest BCUT2D eigenvalue weighted by molar-refractivity contribution is 7.13. The topological polar surface area (TPSA) is 89.3 Å². The predicted molar refractivity (Wildman–Crippen MR) is 79.4 cm³/mol. The maximum Gasteiger partial charge on any atom is 0.321 e. The second-order valence-electron chi connectivity index (χ2n) is 4.64. The standard InChI is InChI=1S/C13H18N4O3S/c1-7(11-8(2)17-20-9(11)3)14-12(18)16-13-15-10(5-19-4)6-21-13/h6-7H,5H2,1-4H3,(H2,14,15,16,18)/t7-/m1/s1. The van der Waals surface area contributed by atoms with E-state index in [-0.39, 0.29) is 12.1 Å². The molecule has 0 fully saturated rings. The van der Waals surface area contributed by atoms with Crippen molar-refractivity contribution in [2.24, 2.45) is 0 Å². The predicted octanol–water partition coefficient (Wildman–Crippen LogP) is 2.78. The lowest BCUT2D eigenvalue weighted by molar-refractivity contribution is 0.182. The molecular formula is C13H18N4O3S. The molecular weight excluding hydrogens is 292 g/mol. The Hall–Kier alpha value is -1.93. The van der Waals surface area contributed by atoms with E-state index < -0.39 is 0 Å². The molecule has 0 radical (unpaired) electrons. The van der Waals surface area contributed by atoms with E-state index in [9.17, 15) is 4.79 Å². The Morgan fingerprint density at radius 1 is 1.52 bits per heavy atom. The van der Waals surface area contributed by atoms with Gasteiger partial charge in [-0.3, -0.25) is 5.32 Å². The van der Waals surface area contributed by atoms with Gasteiger partial charge in [0.1, 0.15) is 5.76 Å². The zero-order valence-corrected chi connectivity index (χ0v) is 13.2. The number of urea groups is 1. The number of carbonyl (C=O) groups is 1. The van der Waals surface area contributed by atoms with Gasteiger partial charge in [-0.25, -0.2) is 9.78 Å². The van der Waals surface area contributed by atoms with Gasteiger partial charge in [0.2, 0.25) is 0 Å². The van der Waals surface area contributed by atoms with Crippen LogP contribution in [0.25, 0.3) is 0 Å². The van der Waals surface area contributed by atoms with Gasteiger partial charge < -0.3 is 14.6 Å². The number of hydrogen-bond donors (Lipinski definition) is 2. The van der Waals surface area contributed by atoms with Crippen LogP contribution in [0.5, 0.6) is 0 Å². The molecule has 0 spiro atoms. The third kappa shape index (κ3) is 3.79. The van der Waals surface area contributed by atoms with Crippen molar-refractivity contribution in [1.29, 1.82) is 0 Å². The van der Waals surface area contributed by atoms with Crippen LogP contribution in [0.4, 0.5) is 9.93 Å². The van der Waals surface area contributed by atoms with E-state index in [0.717, 1.165) is 17.0 Å². The Morgan fingerprint density at radius 2 is 2.29 bits per heavy atom. The van der Waals surface area contributed by atoms with Crippen molar-refractivity contribution in [1.82, 2.24) is 15.5 Å². The Labute approximate surface area is 126 Å². The van der Waals surface area contributed by atoms with E-state index in [1.807, 2.05) is 26.2 Å². The van der Waals surface area contributed by atoms with Crippen LogP contribution in [0.1, 0.15) is 35.7 Å². The van der Waals surface area contributed by atoms with E-state index in [4.69, 9.17) is 9.26 Å². The number of rotatable bonds is 5. The first-order chi connectivity index (χ1) is 10.0. The molecule has 0 aromatic carbocycles. The first-order valence-corrected chi connectivity index (χ1v) is 7.32. The number of thiazole rings is 1. The number of nitrogens with one attached hydrogen (secondary N) is 2. The molecule has 1 atom stereocenters. The van der Waals surface area contributed by atoms with E-state index >= 15 is 0 Å². The quantitative estimate of drug-likeness (QED) is 0.886. The summed E-state index contributed by atoms with van der Waals surface area (Å²) in [6, 6.07) is -0.518. The maximum absolute atomic E-state index is 12.0. The molecule has 0 aliphatic carbocycles. The van der Waals surface area contributed by atoms with Crippen LogP contribution in [-0.4, -0.2) is 23.3 Å². The van der Waals surface area contributed by atoms with Gasteiger partial charge in [-0.05, 0) is 20.8 Å². The summed E-state index contributed by atoms with van der Waals surface area (Å²) in [5.41, 5.74) is 2.46. The fraction of sp³-hybridized carbons (Fsp3) is 0.462. The minimum atomic E-state index is -0.319. The second kappa shape index (κ2) is 6.68. The maximum atomic E-state index is 12.0. The molecule has 8 heteroatoms. The number of hydrogen-bond acceptors (Lipinski definition) is 6. The van der Waals surface area contributed by atoms with Gasteiger partial charge in [0.15, 0.2) is 5.13 Å². The highest BCUT2D eigenvalue weighted by Crippen LogP contribution is 2.21. The SMILES string of the molecule is COCc1csc(NC(=O)N[C@H](C)c2c(C)noc2C)n1. The first kappa shape index (κ1) is 15.5. The van der Waals surface area contributed by atoms with Gasteiger partial charge in [-0.2, -0.15) is 0 Å². The van der Waals surface area contributed by atoms with Crippen LogP contribution in [0.15, 0.2) is 9.90 Å². The van der Waals surface area contributed by atoms with Crippen LogP contribution in [0.2, 0.25) is 0 Å². The fourth-order valence-corrected chi connectivity index (χ4v) is 2.78. The van der Waals surface area contributed by atoms with Gasteiger partial charge >= 0.3 is 6.03 Å². The molecule has 0 unspecified atom stereocenters. The first-order valence-electron chi connectivity index (χ1n) is 6.45. The number of nitrogens with zero attached hydrogens (tertiary/aromatic N) is 2. The number of ether oxygens (including phenoxy) is 1. The molecule has 114 valence electrons. The van der Waals surface area contributed by atoms with Gasteiger partial charge in [0.25, 0.3) is 0 Å². The van der Waals surface area contributed by atoms with Gasteiger partial charge in [0.05, 0.1) is 24.0 Å². The summed E-state index contributed by atoms with van der Waals surface area (Å²) < 4.78 is 10.1. The van der Waals surface area contributed by atoms with Crippen molar-refractivity contribution in [2.45, 2.75) is 33.4 Å². The largest absolute Gasteiger partial charge is 0.378 e. The molecule has 2 aromatic heterocycles. The minimum absolute atomic E-state index is 0.199. The van der Waals surface area contributed by atoms with Gasteiger partial charge in [-0.1, -0.05) is 5.16 Å². The zero-order chi connectivity index (χ0) is 15.4. The van der Waals surface area contributed by atoms with Crippen LogP contribution >= 0.6 is 11.3 Å². The lowest BCUT2D eigenvalue weighted by Gasteiger charge is -2.13. The molecule has 0 saturated heterocycles. The van der Waals surface area contributed by atoms with E-state index in [0.29, 0.717) is 17.5 Å². The Bertz CT molecular complexity index is 603. The monoisotopic (exact) mass is 310 g/mol. The number of anilines is 1. The number of aromatic nitrogens is 2. The summed E-state index contributed by atoms with van der Waals surface area (Å²) in [5, 5.41) is 11.8. The molecule has 2 aromatic rings. The molecule has 0 bridgehead atoms. The average molecular weight is 310 g/mol. The van der Waals surface area contributed by atoms with Crippen molar-refractivity contribution in [2.75, 3.05) is 12.4 Å². The highest BCUT2D eigenvalue weighted by atomic mass is 32.1. The molecule has 2 N–H and O–H groups in total. The number of methoxy groups -OCH3 is 1. The van der Waals surface area contributed by atoms with Crippen molar-refractivity contribution in [3.63, 3.8) is 0 Å². The zero-order valence-electron chi connectivity index (χ0n) is 12.4. The molecule has 0 aliphatic heterocycles. The molecule has 2 rings (SSSR count). The van der Waals surface area contributed by atoms with Crippen molar-refractivity contribution in [3.8, 4) is 0 Å². The smallest absolute Gasteiger partial charge is 0.321 e. The molecule has 2 amide bonds. The molecule has 0 aliphatic rings. The summed E-state index contributed by atoms with van der Waals surface area (Å²) in [6.45, 7) is 5.97. The number of aryl methyl sites for hydroxylation is 2. The summed E-state index contributed by atoms with van der Waals surface area (Å²) in [6.07, 6.45) is 0. The summed E-state index contributed by atoms with van der Waals surface area (Å²) in [4.78, 5) is 16.2. The summed E-state index contributed by atoms with van der Waals surface area (Å²) in [5.74, 6) is 0.705. The Kier molecular flexibility index (Phi) is 4.92. The van der Waals surface area contributed by atoms with Crippen molar-refractivity contribution < 1.29 is 14.1 Å². The van der Waals surface area contributed by atoms with E-state index in [1.54, 1.807) is 7.11 Å². The van der Waals surface area contributed by atoms with Crippen LogP contribution < -0.4 is 10.6 Å². The fourth-order valence-electron chi connectivity index (χ4n) is 2.09. The summed E-state index contributed by atoms with van der Waals surface area (Å²) >= 11 is 1.35. The van der Waals surface area contributed by atoms with Crippen LogP contribution in [0, 0.1) is 13.8 Å². The van der Waals surface area contributed by atoms with Crippen LogP contribution in [0.3, 0.4) is 0 Å². The molecule has 7 nitrogen and oxygen atoms in total. The van der Waals surface area contributed by atoms with Gasteiger partial charge in [0, 0.05) is 18.1 Å². The highest BCUT2D eigenvalue weighted by Gasteiger charge is 2.18. The normalized spacial score (nSPS) is 12.2. The van der Waals surface area contributed by atoms with E-state index in [2.05, 4.69) is 20.8 Å². The van der Waals surface area contributed by atoms with Crippen molar-refractivity contribution in [3.05, 3.63) is 28.1 Å². The lowest BCUT2D eigenvalue weighted by atomic mass is 10.1. The average Bonchev–Trinajstić information content (AvgIpc) is 2.97. The minimum Gasteiger partial charge on any atom is -0.378 e. The molecule has 21 heavy (non-hydrogen) atoms. The lowest BCUT2D eigenvalue weighted by Crippen LogP contribution is -2.31. The number of carbonyl (C=O) groups excluding carboxylic acids is 1. The molecule has 2 heterocycles. The second-order valence-corrected chi connectivity index (χ2v) is 5.49. The van der Waals surface area contributed by atoms with Crippen molar-refractivity contribution >= 4 is 22.5 Å². The Balaban J connectivity index is 1.95. The Morgan fingerprint density at radius 3 is 2.90 bits per heavy atom. The third-order valence-corrected chi connectivity index (χ3v) is 3.74. The van der Waals surface area contributed by atoms with Crippen LogP contribution in [-0.2, 0) is 11.3 Å². The number of amides is 2. The van der Waals surface area contributed by atoms with Gasteiger partial charge in [-0.15, -0.1) is 11.3 Å². The summed E-state index contributed by atoms with van der Waals surface area (Å²) in [7, 11) is 1.60. The molecule has 0 saturated carbocycles.